The Balaban J connectivity index is 1.60. The van der Waals surface area contributed by atoms with Crippen LogP contribution in [-0.2, 0) is 32.2 Å². The molecule has 190 valence electrons. The molecule has 2 aliphatic heterocycles. The van der Waals surface area contributed by atoms with Gasteiger partial charge in [-0.1, -0.05) is 35.9 Å². The van der Waals surface area contributed by atoms with Crippen molar-refractivity contribution in [3.8, 4) is 0 Å². The highest BCUT2D eigenvalue weighted by molar-refractivity contribution is 6.54. The molecule has 2 aliphatic rings. The van der Waals surface area contributed by atoms with Crippen molar-refractivity contribution in [2.24, 2.45) is 0 Å². The number of hydrogen-bond donors (Lipinski definition) is 0. The van der Waals surface area contributed by atoms with Crippen LogP contribution in [0.25, 0.3) is 0 Å². The molecule has 1 fully saturated rings. The summed E-state index contributed by atoms with van der Waals surface area (Å²) in [6.45, 7) is 0.130. The topological polar surface area (TPSA) is 78.0 Å². The molecule has 0 spiro atoms. The monoisotopic (exact) mass is 533 g/mol. The Morgan fingerprint density at radius 3 is 2.24 bits per heavy atom. The summed E-state index contributed by atoms with van der Waals surface area (Å²) in [5.41, 5.74) is 1.11. The van der Waals surface area contributed by atoms with Gasteiger partial charge in [-0.2, -0.15) is 8.78 Å². The Kier molecular flexibility index (Phi) is 6.92. The van der Waals surface area contributed by atoms with Crippen LogP contribution in [0.3, 0.4) is 0 Å². The second-order valence-corrected chi connectivity index (χ2v) is 11.6. The Morgan fingerprint density at radius 1 is 1.05 bits per heavy atom. The van der Waals surface area contributed by atoms with Crippen LogP contribution in [-0.4, -0.2) is 91.5 Å². The number of carbonyl (C=O) groups excluding carboxylic acids is 4. The summed E-state index contributed by atoms with van der Waals surface area (Å²) in [4.78, 5) is 55.1. The van der Waals surface area contributed by atoms with Crippen LogP contribution in [0.15, 0.2) is 42.5 Å². The van der Waals surface area contributed by atoms with E-state index in [0.717, 1.165) is 21.8 Å². The second kappa shape index (κ2) is 9.36. The van der Waals surface area contributed by atoms with Gasteiger partial charge in [0.05, 0.1) is 0 Å². The van der Waals surface area contributed by atoms with Gasteiger partial charge in [-0.15, -0.1) is 0 Å². The second-order valence-electron chi connectivity index (χ2n) is 11.1. The molecule has 0 N–H and O–H groups in total. The normalized spacial score (nSPS) is 19.4. The van der Waals surface area contributed by atoms with Crippen LogP contribution in [0.4, 0.5) is 8.78 Å². The maximum atomic E-state index is 15.1. The van der Waals surface area contributed by atoms with E-state index in [-0.39, 0.29) is 29.8 Å². The number of halogens is 3. The lowest BCUT2D eigenvalue weighted by Crippen LogP contribution is -2.59. The molecule has 0 radical (unpaired) electrons. The van der Waals surface area contributed by atoms with E-state index in [1.54, 1.807) is 49.6 Å². The van der Waals surface area contributed by atoms with Crippen molar-refractivity contribution in [3.63, 3.8) is 0 Å². The highest BCUT2D eigenvalue weighted by atomic mass is 35.5. The van der Waals surface area contributed by atoms with Crippen molar-refractivity contribution in [1.29, 1.82) is 0 Å². The average molecular weight is 533 g/mol. The first-order valence-electron chi connectivity index (χ1n) is 12.2. The first-order valence-corrected chi connectivity index (χ1v) is 12.6. The summed E-state index contributed by atoms with van der Waals surface area (Å²) in [6.07, 6.45) is 0.199. The predicted octanol–water partition coefficient (Wildman–Crippen LogP) is -3.10. The minimum absolute atomic E-state index is 0.130. The van der Waals surface area contributed by atoms with Gasteiger partial charge in [-0.05, 0) is 46.3 Å². The number of nitrogens with zero attached hydrogens (tertiary/aromatic N) is 3. The summed E-state index contributed by atoms with van der Waals surface area (Å²) >= 11 is 5.80. The van der Waals surface area contributed by atoms with Gasteiger partial charge < -0.3 is 14.5 Å². The van der Waals surface area contributed by atoms with Gasteiger partial charge in [0.2, 0.25) is 27.8 Å². The van der Waals surface area contributed by atoms with Crippen molar-refractivity contribution in [1.82, 2.24) is 14.5 Å². The Bertz CT molecular complexity index is 1360. The number of rotatable bonds is 5. The van der Waals surface area contributed by atoms with E-state index in [4.69, 9.17) is 11.6 Å². The molecule has 4 amide bonds. The summed E-state index contributed by atoms with van der Waals surface area (Å²) < 4.78 is 30.2. The van der Waals surface area contributed by atoms with E-state index in [0.29, 0.717) is 16.7 Å². The fraction of sp³-hybridized carbons (Fsp3) is 0.273. The summed E-state index contributed by atoms with van der Waals surface area (Å²) in [5.74, 6) is -6.23. The van der Waals surface area contributed by atoms with Gasteiger partial charge in [0.1, 0.15) is 37.4 Å². The Hall–Kier alpha value is -2.94. The fourth-order valence-electron chi connectivity index (χ4n) is 5.10. The quantitative estimate of drug-likeness (QED) is 0.302. The van der Waals surface area contributed by atoms with Gasteiger partial charge in [0, 0.05) is 22.7 Å². The molecular formula is C22H24B6ClF2N3O4. The van der Waals surface area contributed by atoms with Crippen LogP contribution in [0.5, 0.6) is 0 Å². The van der Waals surface area contributed by atoms with Crippen molar-refractivity contribution in [2.75, 3.05) is 0 Å². The fourth-order valence-corrected chi connectivity index (χ4v) is 5.22. The molecule has 1 unspecified atom stereocenters. The molecule has 7 nitrogen and oxygen atoms in total. The van der Waals surface area contributed by atoms with Gasteiger partial charge in [-0.3, -0.25) is 19.2 Å². The number of fused-ring (bicyclic) bond motifs is 1. The number of imide groups is 1. The van der Waals surface area contributed by atoms with Crippen molar-refractivity contribution < 1.29 is 28.0 Å². The molecule has 4 rings (SSSR count). The van der Waals surface area contributed by atoms with E-state index in [1.807, 2.05) is 0 Å². The third kappa shape index (κ3) is 4.48. The minimum Gasteiger partial charge on any atom is -0.393 e. The van der Waals surface area contributed by atoms with Crippen molar-refractivity contribution >= 4 is 82.6 Å². The highest BCUT2D eigenvalue weighted by Crippen LogP contribution is 2.38. The van der Waals surface area contributed by atoms with E-state index in [9.17, 15) is 19.2 Å². The largest absolute Gasteiger partial charge is 0.393 e. The zero-order valence-corrected chi connectivity index (χ0v) is 22.9. The minimum atomic E-state index is -3.78. The van der Waals surface area contributed by atoms with Crippen molar-refractivity contribution in [2.45, 2.75) is 35.5 Å². The Morgan fingerprint density at radius 2 is 1.63 bits per heavy atom. The summed E-state index contributed by atoms with van der Waals surface area (Å²) in [5, 5.41) is -1.69. The van der Waals surface area contributed by atoms with Gasteiger partial charge >= 0.3 is 5.92 Å². The van der Waals surface area contributed by atoms with Crippen LogP contribution in [0.1, 0.15) is 33.5 Å². The molecule has 1 atom stereocenters. The molecule has 1 saturated heterocycles. The van der Waals surface area contributed by atoms with E-state index >= 15 is 8.78 Å². The molecule has 16 heteroatoms. The van der Waals surface area contributed by atoms with Crippen LogP contribution in [0.2, 0.25) is 10.2 Å². The number of hydrogen-bond acceptors (Lipinski definition) is 4. The third-order valence-electron chi connectivity index (χ3n) is 7.84. The van der Waals surface area contributed by atoms with Crippen LogP contribution >= 0.6 is 11.6 Å². The molecule has 0 aliphatic carbocycles. The van der Waals surface area contributed by atoms with Gasteiger partial charge in [-0.25, -0.2) is 0 Å². The lowest BCUT2D eigenvalue weighted by molar-refractivity contribution is -0.155. The molecule has 38 heavy (non-hydrogen) atoms. The number of alkyl halides is 2. The average Bonchev–Trinajstić information content (AvgIpc) is 3.19. The first kappa shape index (κ1) is 28.1. The predicted molar refractivity (Wildman–Crippen MR) is 154 cm³/mol. The Labute approximate surface area is 230 Å². The van der Waals surface area contributed by atoms with E-state index < -0.39 is 39.9 Å². The van der Waals surface area contributed by atoms with Crippen LogP contribution in [0, 0.1) is 0 Å². The zero-order chi connectivity index (χ0) is 28.4. The standard InChI is InChI=1S/C22H24B6ClF2N3O4/c23-20(24)8-15(17(36)33(27)18(20)37)32-9-10-7-12(3-6-14(10)16(32)35)22(25,26)34(28)19(38)21(30,31)11-1-4-13(29)5-2-11/h1-7,15H,8-9,23-28H2. The molecule has 0 saturated carbocycles. The number of piperidine rings is 1. The van der Waals surface area contributed by atoms with Gasteiger partial charge in [0.15, 0.2) is 0 Å². The van der Waals surface area contributed by atoms with Crippen LogP contribution < -0.4 is 0 Å². The smallest absolute Gasteiger partial charge is 0.348 e. The molecule has 0 bridgehead atoms. The zero-order valence-electron chi connectivity index (χ0n) is 22.1. The summed E-state index contributed by atoms with van der Waals surface area (Å²) in [6, 6.07) is 8.99. The molecular weight excluding hydrogens is 509 g/mol. The summed E-state index contributed by atoms with van der Waals surface area (Å²) in [7, 11) is 9.50. The maximum Gasteiger partial charge on any atom is 0.348 e. The van der Waals surface area contributed by atoms with E-state index in [1.165, 1.54) is 33.0 Å². The van der Waals surface area contributed by atoms with E-state index in [2.05, 4.69) is 0 Å². The molecule has 2 aromatic carbocycles. The molecule has 2 aromatic rings. The van der Waals surface area contributed by atoms with Crippen molar-refractivity contribution in [3.05, 3.63) is 69.7 Å². The number of carbonyl (C=O) groups is 4. The van der Waals surface area contributed by atoms with Gasteiger partial charge in [0.25, 0.3) is 11.8 Å². The molecule has 2 heterocycles. The third-order valence-corrected chi connectivity index (χ3v) is 8.09. The number of benzene rings is 2. The maximum absolute atomic E-state index is 15.1. The number of amides is 4. The highest BCUT2D eigenvalue weighted by Gasteiger charge is 2.49. The SMILES string of the molecule is BN1C(=O)C(N2Cc3cc(C(B)(B)N(B)C(=O)C(F)(F)c4ccc(Cl)cc4)ccc3C2=O)CC(B)(B)C1=O. The first-order chi connectivity index (χ1) is 17.5. The lowest BCUT2D eigenvalue weighted by atomic mass is 9.49. The molecule has 0 aromatic heterocycles. The lowest BCUT2D eigenvalue weighted by Gasteiger charge is -2.42.